The van der Waals surface area contributed by atoms with Gasteiger partial charge in [-0.1, -0.05) is 0 Å². The van der Waals surface area contributed by atoms with Crippen LogP contribution in [0.2, 0.25) is 0 Å². The smallest absolute Gasteiger partial charge is 0.182 e. The Hall–Kier alpha value is -2.15. The third kappa shape index (κ3) is 3.41. The largest absolute Gasteiger partial charge is 0.429 e. The zero-order valence-corrected chi connectivity index (χ0v) is 11.2. The Balaban J connectivity index is 2.03. The van der Waals surface area contributed by atoms with Gasteiger partial charge in [-0.2, -0.15) is 4.73 Å². The lowest BCUT2D eigenvalue weighted by atomic mass is 10.2. The first kappa shape index (κ1) is 13.3. The van der Waals surface area contributed by atoms with Crippen LogP contribution in [0, 0.1) is 0 Å². The Labute approximate surface area is 113 Å². The van der Waals surface area contributed by atoms with E-state index in [2.05, 4.69) is 9.98 Å². The minimum Gasteiger partial charge on any atom is -0.429 e. The number of hydrogen-bond donors (Lipinski definition) is 2. The summed E-state index contributed by atoms with van der Waals surface area (Å²) in [6.07, 6.45) is 1.80. The lowest BCUT2D eigenvalue weighted by Gasteiger charge is -2.04. The summed E-state index contributed by atoms with van der Waals surface area (Å²) >= 11 is 1.37. The number of nitrogen functional groups attached to an aromatic ring is 1. The van der Waals surface area contributed by atoms with Crippen LogP contribution >= 0.6 is 11.3 Å². The van der Waals surface area contributed by atoms with E-state index in [4.69, 9.17) is 5.73 Å². The molecule has 0 fully saturated rings. The summed E-state index contributed by atoms with van der Waals surface area (Å²) in [6.45, 7) is 2.32. The van der Waals surface area contributed by atoms with Gasteiger partial charge in [-0.15, -0.1) is 11.3 Å². The maximum atomic E-state index is 11.2. The van der Waals surface area contributed by atoms with E-state index in [1.807, 2.05) is 12.3 Å². The summed E-state index contributed by atoms with van der Waals surface area (Å²) in [4.78, 5) is 19.7. The molecule has 7 heteroatoms. The summed E-state index contributed by atoms with van der Waals surface area (Å²) in [7, 11) is 0. The van der Waals surface area contributed by atoms with Gasteiger partial charge in [-0.25, -0.2) is 4.98 Å². The Bertz CT molecular complexity index is 660. The highest BCUT2D eigenvalue weighted by atomic mass is 32.1. The van der Waals surface area contributed by atoms with Crippen LogP contribution in [0.3, 0.4) is 0 Å². The molecule has 0 amide bonds. The van der Waals surface area contributed by atoms with Crippen LogP contribution in [0.4, 0.5) is 5.13 Å². The third-order valence-electron chi connectivity index (χ3n) is 2.59. The molecule has 0 aliphatic carbocycles. The van der Waals surface area contributed by atoms with Crippen LogP contribution in [0.25, 0.3) is 0 Å². The summed E-state index contributed by atoms with van der Waals surface area (Å²) < 4.78 is 0.938. The summed E-state index contributed by atoms with van der Waals surface area (Å²) in [5.41, 5.74) is 7.50. The van der Waals surface area contributed by atoms with E-state index in [0.29, 0.717) is 23.8 Å². The number of anilines is 1. The van der Waals surface area contributed by atoms with Gasteiger partial charge in [0.1, 0.15) is 0 Å². The van der Waals surface area contributed by atoms with Crippen molar-refractivity contribution < 1.29 is 5.21 Å². The van der Waals surface area contributed by atoms with Gasteiger partial charge in [-0.3, -0.25) is 9.79 Å². The molecule has 2 heterocycles. The van der Waals surface area contributed by atoms with Crippen LogP contribution in [-0.4, -0.2) is 27.2 Å². The number of aliphatic imine (C=N–C) groups is 1. The molecule has 0 saturated carbocycles. The van der Waals surface area contributed by atoms with Gasteiger partial charge in [0.25, 0.3) is 0 Å². The van der Waals surface area contributed by atoms with E-state index in [1.54, 1.807) is 0 Å². The molecule has 0 aliphatic heterocycles. The fourth-order valence-corrected chi connectivity index (χ4v) is 2.18. The predicted molar refractivity (Wildman–Crippen MR) is 75.2 cm³/mol. The second kappa shape index (κ2) is 5.66. The molecule has 2 rings (SSSR count). The van der Waals surface area contributed by atoms with E-state index >= 15 is 0 Å². The van der Waals surface area contributed by atoms with Crippen molar-refractivity contribution in [3.8, 4) is 0 Å². The van der Waals surface area contributed by atoms with Crippen molar-refractivity contribution >= 4 is 22.2 Å². The first-order valence-corrected chi connectivity index (χ1v) is 6.57. The summed E-state index contributed by atoms with van der Waals surface area (Å²) in [6, 6.07) is 2.70. The number of rotatable bonds is 4. The van der Waals surface area contributed by atoms with E-state index in [1.165, 1.54) is 29.7 Å². The SMILES string of the molecule is C/C(=N/CCc1cc(=O)ccn1O)c1csc(N)n1. The van der Waals surface area contributed by atoms with Crippen molar-refractivity contribution in [2.75, 3.05) is 12.3 Å². The number of hydrogen-bond acceptors (Lipinski definition) is 6. The predicted octanol–water partition coefficient (Wildman–Crippen LogP) is 1.18. The van der Waals surface area contributed by atoms with Crippen LogP contribution in [0.1, 0.15) is 18.3 Å². The quantitative estimate of drug-likeness (QED) is 0.648. The second-order valence-electron chi connectivity index (χ2n) is 3.99. The van der Waals surface area contributed by atoms with Crippen LogP contribution in [0.15, 0.2) is 33.5 Å². The third-order valence-corrected chi connectivity index (χ3v) is 3.27. The highest BCUT2D eigenvalue weighted by molar-refractivity contribution is 7.13. The van der Waals surface area contributed by atoms with Crippen molar-refractivity contribution in [1.82, 2.24) is 9.71 Å². The standard InChI is InChI=1S/C12H14N4O2S/c1-8(11-7-19-12(13)15-11)14-4-2-9-6-10(17)3-5-16(9)18/h3,5-7,18H,2,4H2,1H3,(H2,13,15)/b14-8-. The molecule has 0 saturated heterocycles. The van der Waals surface area contributed by atoms with E-state index in [-0.39, 0.29) is 5.43 Å². The molecule has 2 aromatic rings. The van der Waals surface area contributed by atoms with Crippen molar-refractivity contribution in [3.05, 3.63) is 45.3 Å². The van der Waals surface area contributed by atoms with Gasteiger partial charge in [0.15, 0.2) is 10.6 Å². The Morgan fingerprint density at radius 3 is 3.11 bits per heavy atom. The maximum Gasteiger partial charge on any atom is 0.182 e. The highest BCUT2D eigenvalue weighted by Crippen LogP contribution is 2.11. The van der Waals surface area contributed by atoms with Gasteiger partial charge >= 0.3 is 0 Å². The number of nitrogens with zero attached hydrogens (tertiary/aromatic N) is 3. The van der Waals surface area contributed by atoms with Gasteiger partial charge < -0.3 is 10.9 Å². The normalized spacial score (nSPS) is 11.7. The maximum absolute atomic E-state index is 11.2. The van der Waals surface area contributed by atoms with Crippen molar-refractivity contribution in [2.45, 2.75) is 13.3 Å². The average Bonchev–Trinajstić information content (AvgIpc) is 2.80. The lowest BCUT2D eigenvalue weighted by molar-refractivity contribution is 0.174. The van der Waals surface area contributed by atoms with Gasteiger partial charge in [0, 0.05) is 36.7 Å². The van der Waals surface area contributed by atoms with E-state index in [9.17, 15) is 10.0 Å². The topological polar surface area (TPSA) is 93.5 Å². The molecule has 0 aromatic carbocycles. The molecule has 100 valence electrons. The number of nitrogens with two attached hydrogens (primary N) is 1. The molecular weight excluding hydrogens is 264 g/mol. The highest BCUT2D eigenvalue weighted by Gasteiger charge is 2.03. The Morgan fingerprint density at radius 1 is 1.63 bits per heavy atom. The summed E-state index contributed by atoms with van der Waals surface area (Å²) in [5, 5.41) is 11.9. The van der Waals surface area contributed by atoms with Crippen LogP contribution in [0.5, 0.6) is 0 Å². The number of thiazole rings is 1. The minimum absolute atomic E-state index is 0.131. The summed E-state index contributed by atoms with van der Waals surface area (Å²) in [5.74, 6) is 0. The molecule has 0 aliphatic rings. The minimum atomic E-state index is -0.131. The number of aromatic nitrogens is 2. The van der Waals surface area contributed by atoms with Crippen molar-refractivity contribution in [2.24, 2.45) is 4.99 Å². The molecule has 0 unspecified atom stereocenters. The molecule has 0 spiro atoms. The van der Waals surface area contributed by atoms with Gasteiger partial charge in [0.05, 0.1) is 17.1 Å². The monoisotopic (exact) mass is 278 g/mol. The van der Waals surface area contributed by atoms with Crippen LogP contribution in [-0.2, 0) is 6.42 Å². The van der Waals surface area contributed by atoms with E-state index in [0.717, 1.165) is 16.1 Å². The fourth-order valence-electron chi connectivity index (χ4n) is 1.58. The molecule has 3 N–H and O–H groups in total. The van der Waals surface area contributed by atoms with Gasteiger partial charge in [0.2, 0.25) is 0 Å². The molecule has 19 heavy (non-hydrogen) atoms. The molecule has 2 aromatic heterocycles. The molecule has 0 radical (unpaired) electrons. The number of pyridine rings is 1. The molecule has 6 nitrogen and oxygen atoms in total. The van der Waals surface area contributed by atoms with Crippen molar-refractivity contribution in [3.63, 3.8) is 0 Å². The first-order chi connectivity index (χ1) is 9.06. The second-order valence-corrected chi connectivity index (χ2v) is 4.88. The van der Waals surface area contributed by atoms with Gasteiger partial charge in [-0.05, 0) is 6.92 Å². The molecular formula is C12H14N4O2S. The average molecular weight is 278 g/mol. The molecule has 0 atom stereocenters. The van der Waals surface area contributed by atoms with Crippen molar-refractivity contribution in [1.29, 1.82) is 0 Å². The molecule has 0 bridgehead atoms. The van der Waals surface area contributed by atoms with E-state index < -0.39 is 0 Å². The zero-order valence-electron chi connectivity index (χ0n) is 10.4. The lowest BCUT2D eigenvalue weighted by Crippen LogP contribution is -2.10. The van der Waals surface area contributed by atoms with Crippen LogP contribution < -0.4 is 11.2 Å². The fraction of sp³-hybridized carbons (Fsp3) is 0.250. The zero-order chi connectivity index (χ0) is 13.8. The Morgan fingerprint density at radius 2 is 2.42 bits per heavy atom. The first-order valence-electron chi connectivity index (χ1n) is 5.69. The Kier molecular flexibility index (Phi) is 3.96.